The lowest BCUT2D eigenvalue weighted by Crippen LogP contribution is -2.42. The monoisotopic (exact) mass is 469 g/mol. The summed E-state index contributed by atoms with van der Waals surface area (Å²) in [6, 6.07) is 16.7. The van der Waals surface area contributed by atoms with Gasteiger partial charge in [0.05, 0.1) is 12.7 Å². The molecule has 6 nitrogen and oxygen atoms in total. The van der Waals surface area contributed by atoms with Gasteiger partial charge in [0.1, 0.15) is 5.75 Å². The summed E-state index contributed by atoms with van der Waals surface area (Å²) in [7, 11) is -0.572. The molecule has 2 aromatic carbocycles. The largest absolute Gasteiger partial charge is 0.465 e. The van der Waals surface area contributed by atoms with E-state index in [2.05, 4.69) is 46.0 Å². The van der Waals surface area contributed by atoms with Crippen LogP contribution in [0.1, 0.15) is 42.6 Å². The average molecular weight is 470 g/mol. The fourth-order valence-electron chi connectivity index (χ4n) is 3.74. The van der Waals surface area contributed by atoms with Crippen LogP contribution in [0.5, 0.6) is 5.75 Å². The normalized spacial score (nSPS) is 18.8. The highest BCUT2D eigenvalue weighted by Gasteiger charge is 2.41. The van der Waals surface area contributed by atoms with E-state index in [4.69, 9.17) is 13.9 Å². The van der Waals surface area contributed by atoms with Crippen LogP contribution in [0.4, 0.5) is 4.79 Å². The highest BCUT2D eigenvalue weighted by molar-refractivity contribution is 6.74. The summed E-state index contributed by atoms with van der Waals surface area (Å²) in [5.74, 6) is 0.341. The van der Waals surface area contributed by atoms with E-state index in [0.29, 0.717) is 31.0 Å². The van der Waals surface area contributed by atoms with Gasteiger partial charge in [0, 0.05) is 31.5 Å². The number of carbonyl (C=O) groups excluding carboxylic acids is 2. The van der Waals surface area contributed by atoms with Gasteiger partial charge in [0.15, 0.2) is 8.32 Å². The van der Waals surface area contributed by atoms with Crippen LogP contribution in [0.15, 0.2) is 54.6 Å². The maximum absolute atomic E-state index is 13.0. The number of nitrogens with zero attached hydrogens (tertiary/aromatic N) is 1. The molecule has 2 atom stereocenters. The van der Waals surface area contributed by atoms with Crippen molar-refractivity contribution in [3.8, 4) is 5.75 Å². The predicted molar refractivity (Wildman–Crippen MR) is 131 cm³/mol. The quantitative estimate of drug-likeness (QED) is 0.400. The maximum Gasteiger partial charge on any atom is 0.415 e. The Bertz CT molecular complexity index is 953. The Balaban J connectivity index is 1.71. The summed E-state index contributed by atoms with van der Waals surface area (Å²) in [5.41, 5.74) is 1.62. The minimum absolute atomic E-state index is 0.128. The molecule has 1 saturated heterocycles. The molecule has 1 aliphatic rings. The maximum atomic E-state index is 13.0. The molecule has 2 aromatic rings. The van der Waals surface area contributed by atoms with E-state index in [1.165, 1.54) is 12.7 Å². The lowest BCUT2D eigenvalue weighted by molar-refractivity contribution is 0.0600. The van der Waals surface area contributed by atoms with Crippen molar-refractivity contribution in [2.75, 3.05) is 26.8 Å². The van der Waals surface area contributed by atoms with Crippen LogP contribution in [-0.4, -0.2) is 52.1 Å². The number of amides is 1. The third-order valence-corrected chi connectivity index (χ3v) is 11.4. The first-order valence-electron chi connectivity index (χ1n) is 11.4. The van der Waals surface area contributed by atoms with Gasteiger partial charge in [0.2, 0.25) is 0 Å². The summed E-state index contributed by atoms with van der Waals surface area (Å²) in [5, 5.41) is 0.128. The van der Waals surface area contributed by atoms with Crippen molar-refractivity contribution in [3.63, 3.8) is 0 Å². The summed E-state index contributed by atoms with van der Waals surface area (Å²) >= 11 is 0. The van der Waals surface area contributed by atoms with Crippen molar-refractivity contribution in [3.05, 3.63) is 65.7 Å². The lowest BCUT2D eigenvalue weighted by Gasteiger charge is -2.37. The van der Waals surface area contributed by atoms with Crippen molar-refractivity contribution < 1.29 is 23.5 Å². The Labute approximate surface area is 198 Å². The van der Waals surface area contributed by atoms with Crippen LogP contribution >= 0.6 is 0 Å². The van der Waals surface area contributed by atoms with Crippen LogP contribution in [0.25, 0.3) is 0 Å². The van der Waals surface area contributed by atoms with Gasteiger partial charge in [0.25, 0.3) is 0 Å². The number of hydrogen-bond donors (Lipinski definition) is 0. The second-order valence-corrected chi connectivity index (χ2v) is 14.9. The van der Waals surface area contributed by atoms with E-state index in [0.717, 1.165) is 0 Å². The van der Waals surface area contributed by atoms with Crippen molar-refractivity contribution in [1.29, 1.82) is 0 Å². The first-order chi connectivity index (χ1) is 15.5. The van der Waals surface area contributed by atoms with Gasteiger partial charge in [-0.3, -0.25) is 0 Å². The summed E-state index contributed by atoms with van der Waals surface area (Å²) in [6.45, 7) is 13.0. The van der Waals surface area contributed by atoms with E-state index in [1.807, 2.05) is 18.2 Å². The molecular weight excluding hydrogens is 434 g/mol. The van der Waals surface area contributed by atoms with Gasteiger partial charge in [-0.2, -0.15) is 0 Å². The fraction of sp³-hybridized carbons (Fsp3) is 0.462. The molecule has 1 fully saturated rings. The van der Waals surface area contributed by atoms with Gasteiger partial charge in [-0.05, 0) is 48.0 Å². The zero-order valence-corrected chi connectivity index (χ0v) is 21.5. The molecule has 1 heterocycles. The van der Waals surface area contributed by atoms with Gasteiger partial charge < -0.3 is 18.8 Å². The topological polar surface area (TPSA) is 65.1 Å². The molecule has 0 bridgehead atoms. The number of carbonyl (C=O) groups is 2. The summed E-state index contributed by atoms with van der Waals surface area (Å²) in [6.07, 6.45) is -0.392. The van der Waals surface area contributed by atoms with Crippen LogP contribution in [0.2, 0.25) is 18.1 Å². The molecule has 0 aromatic heterocycles. The predicted octanol–water partition coefficient (Wildman–Crippen LogP) is 5.71. The van der Waals surface area contributed by atoms with E-state index < -0.39 is 20.4 Å². The van der Waals surface area contributed by atoms with E-state index >= 15 is 0 Å². The molecule has 0 saturated carbocycles. The second-order valence-electron chi connectivity index (χ2n) is 10.1. The van der Waals surface area contributed by atoms with Crippen LogP contribution < -0.4 is 4.74 Å². The number of benzene rings is 2. The molecule has 33 heavy (non-hydrogen) atoms. The molecule has 1 amide bonds. The van der Waals surface area contributed by atoms with Crippen molar-refractivity contribution >= 4 is 20.4 Å². The summed E-state index contributed by atoms with van der Waals surface area (Å²) in [4.78, 5) is 26.3. The number of hydrogen-bond acceptors (Lipinski definition) is 5. The number of methoxy groups -OCH3 is 1. The number of likely N-dealkylation sites (tertiary alicyclic amines) is 1. The third-order valence-electron chi connectivity index (χ3n) is 6.87. The van der Waals surface area contributed by atoms with E-state index in [9.17, 15) is 9.59 Å². The molecule has 7 heteroatoms. The van der Waals surface area contributed by atoms with E-state index in [1.54, 1.807) is 29.2 Å². The van der Waals surface area contributed by atoms with Crippen molar-refractivity contribution in [2.45, 2.75) is 44.8 Å². The van der Waals surface area contributed by atoms with Gasteiger partial charge >= 0.3 is 12.1 Å². The zero-order chi connectivity index (χ0) is 24.2. The van der Waals surface area contributed by atoms with Crippen LogP contribution in [-0.2, 0) is 9.16 Å². The standard InChI is InChI=1S/C26H35NO5Si/c1-26(2,3)33(5,6)31-18-21-16-27(17-23(21)19-10-8-7-9-11-19)25(29)32-22-14-12-20(13-15-22)24(28)30-4/h7-15,21,23H,16-18H2,1-6H3/t21-,23-/m0/s1. The SMILES string of the molecule is COC(=O)c1ccc(OC(=O)N2C[C@@H](CO[Si](C)(C)C(C)(C)C)[C@H](c3ccccc3)C2)cc1. The Morgan fingerprint density at radius 2 is 1.64 bits per heavy atom. The van der Waals surface area contributed by atoms with Gasteiger partial charge in [-0.15, -0.1) is 0 Å². The van der Waals surface area contributed by atoms with Gasteiger partial charge in [-0.25, -0.2) is 9.59 Å². The van der Waals surface area contributed by atoms with E-state index in [-0.39, 0.29) is 16.9 Å². The Hall–Kier alpha value is -2.64. The smallest absolute Gasteiger partial charge is 0.415 e. The third kappa shape index (κ3) is 6.03. The van der Waals surface area contributed by atoms with Crippen molar-refractivity contribution in [2.24, 2.45) is 5.92 Å². The number of esters is 1. The minimum atomic E-state index is -1.90. The Kier molecular flexibility index (Phi) is 7.64. The number of rotatable bonds is 6. The molecule has 0 unspecified atom stereocenters. The first kappa shape index (κ1) is 25.0. The molecule has 0 aliphatic carbocycles. The molecule has 178 valence electrons. The highest BCUT2D eigenvalue weighted by atomic mass is 28.4. The van der Waals surface area contributed by atoms with Gasteiger partial charge in [-0.1, -0.05) is 51.1 Å². The molecular formula is C26H35NO5Si. The zero-order valence-electron chi connectivity index (χ0n) is 20.5. The van der Waals surface area contributed by atoms with Crippen LogP contribution in [0.3, 0.4) is 0 Å². The lowest BCUT2D eigenvalue weighted by atomic mass is 9.90. The molecule has 1 aliphatic heterocycles. The second kappa shape index (κ2) is 10.1. The first-order valence-corrected chi connectivity index (χ1v) is 14.3. The summed E-state index contributed by atoms with van der Waals surface area (Å²) < 4.78 is 16.8. The highest BCUT2D eigenvalue weighted by Crippen LogP contribution is 2.39. The Morgan fingerprint density at radius 1 is 1.00 bits per heavy atom. The average Bonchev–Trinajstić information content (AvgIpc) is 3.22. The fourth-order valence-corrected chi connectivity index (χ4v) is 4.81. The minimum Gasteiger partial charge on any atom is -0.465 e. The van der Waals surface area contributed by atoms with Crippen molar-refractivity contribution in [1.82, 2.24) is 4.90 Å². The van der Waals surface area contributed by atoms with Crippen LogP contribution in [0, 0.1) is 5.92 Å². The number of ether oxygens (including phenoxy) is 2. The Morgan fingerprint density at radius 3 is 2.21 bits per heavy atom. The molecule has 0 N–H and O–H groups in total. The molecule has 3 rings (SSSR count). The molecule has 0 spiro atoms. The molecule has 0 radical (unpaired) electrons.